The molecule has 6 heteroatoms. The van der Waals surface area contributed by atoms with Crippen molar-refractivity contribution < 1.29 is 9.59 Å². The summed E-state index contributed by atoms with van der Waals surface area (Å²) in [5.74, 6) is -0.440. The monoisotopic (exact) mass is 272 g/mol. The van der Waals surface area contributed by atoms with Gasteiger partial charge < -0.3 is 9.88 Å². The number of nitrogens with one attached hydrogen (secondary N) is 1. The molecule has 0 radical (unpaired) electrons. The zero-order chi connectivity index (χ0) is 14.7. The number of carbonyl (C=O) groups excluding carboxylic acids is 2. The number of Topliss-reactive ketones (excluding diaryl/α,β-unsaturated/α-hetero) is 1. The van der Waals surface area contributed by atoms with Gasteiger partial charge in [-0.3, -0.25) is 14.6 Å². The van der Waals surface area contributed by atoms with Crippen molar-refractivity contribution in [1.29, 1.82) is 0 Å². The number of anilines is 1. The first-order valence-electron chi connectivity index (χ1n) is 6.32. The van der Waals surface area contributed by atoms with Gasteiger partial charge in [0.25, 0.3) is 0 Å². The average molecular weight is 272 g/mol. The van der Waals surface area contributed by atoms with Crippen molar-refractivity contribution in [1.82, 2.24) is 14.5 Å². The predicted molar refractivity (Wildman–Crippen MR) is 75.4 cm³/mol. The number of hydrogen-bond acceptors (Lipinski definition) is 4. The highest BCUT2D eigenvalue weighted by molar-refractivity contribution is 6.02. The molecule has 2 aromatic heterocycles. The fourth-order valence-electron chi connectivity index (χ4n) is 1.85. The molecule has 104 valence electrons. The lowest BCUT2D eigenvalue weighted by Crippen LogP contribution is -2.11. The first-order chi connectivity index (χ1) is 9.51. The van der Waals surface area contributed by atoms with Crippen LogP contribution in [0.25, 0.3) is 11.3 Å². The highest BCUT2D eigenvalue weighted by atomic mass is 16.1. The van der Waals surface area contributed by atoms with Gasteiger partial charge in [-0.1, -0.05) is 0 Å². The van der Waals surface area contributed by atoms with Crippen LogP contribution in [0.4, 0.5) is 5.69 Å². The molecule has 0 saturated heterocycles. The Balaban J connectivity index is 2.45. The van der Waals surface area contributed by atoms with E-state index >= 15 is 0 Å². The Hall–Kier alpha value is -2.50. The van der Waals surface area contributed by atoms with Crippen LogP contribution in [0.15, 0.2) is 24.8 Å². The molecule has 2 heterocycles. The van der Waals surface area contributed by atoms with Crippen molar-refractivity contribution in [2.24, 2.45) is 0 Å². The summed E-state index contributed by atoms with van der Waals surface area (Å²) in [5.41, 5.74) is 2.17. The Morgan fingerprint density at radius 2 is 2.05 bits per heavy atom. The van der Waals surface area contributed by atoms with E-state index in [-0.39, 0.29) is 17.4 Å². The van der Waals surface area contributed by atoms with Gasteiger partial charge in [0, 0.05) is 38.3 Å². The summed E-state index contributed by atoms with van der Waals surface area (Å²) in [7, 11) is 0. The molecule has 2 rings (SSSR count). The smallest absolute Gasteiger partial charge is 0.221 e. The van der Waals surface area contributed by atoms with E-state index in [1.54, 1.807) is 18.6 Å². The van der Waals surface area contributed by atoms with E-state index in [0.29, 0.717) is 5.69 Å². The first-order valence-corrected chi connectivity index (χ1v) is 6.32. The fraction of sp³-hybridized carbons (Fsp3) is 0.286. The van der Waals surface area contributed by atoms with E-state index in [0.717, 1.165) is 17.8 Å². The van der Waals surface area contributed by atoms with Gasteiger partial charge in [-0.25, -0.2) is 4.98 Å². The maximum atomic E-state index is 11.5. The largest absolute Gasteiger partial charge is 0.337 e. The third-order valence-electron chi connectivity index (χ3n) is 2.83. The van der Waals surface area contributed by atoms with Gasteiger partial charge in [0.2, 0.25) is 5.91 Å². The zero-order valence-corrected chi connectivity index (χ0v) is 11.7. The first kappa shape index (κ1) is 13.9. The second-order valence-electron chi connectivity index (χ2n) is 4.45. The minimum Gasteiger partial charge on any atom is -0.337 e. The van der Waals surface area contributed by atoms with Crippen molar-refractivity contribution in [2.75, 3.05) is 5.32 Å². The van der Waals surface area contributed by atoms with E-state index in [9.17, 15) is 9.59 Å². The molecule has 0 aliphatic heterocycles. The maximum Gasteiger partial charge on any atom is 0.221 e. The Labute approximate surface area is 116 Å². The van der Waals surface area contributed by atoms with Crippen LogP contribution in [0.3, 0.4) is 0 Å². The summed E-state index contributed by atoms with van der Waals surface area (Å²) in [6.07, 6.45) is 5.21. The second-order valence-corrected chi connectivity index (χ2v) is 4.45. The molecular weight excluding hydrogens is 256 g/mol. The number of nitrogens with zero attached hydrogens (tertiary/aromatic N) is 3. The SMILES string of the molecule is CCn1cnc(-c2cnc(C(C)=O)c(NC(C)=O)c2)c1. The molecule has 0 fully saturated rings. The van der Waals surface area contributed by atoms with E-state index in [1.165, 1.54) is 13.8 Å². The molecule has 0 aliphatic carbocycles. The van der Waals surface area contributed by atoms with Gasteiger partial charge in [0.15, 0.2) is 5.78 Å². The Morgan fingerprint density at radius 1 is 1.30 bits per heavy atom. The van der Waals surface area contributed by atoms with E-state index in [2.05, 4.69) is 15.3 Å². The summed E-state index contributed by atoms with van der Waals surface area (Å²) in [6.45, 7) is 5.65. The number of imidazole rings is 1. The highest BCUT2D eigenvalue weighted by Crippen LogP contribution is 2.23. The van der Waals surface area contributed by atoms with Crippen LogP contribution in [0.2, 0.25) is 0 Å². The van der Waals surface area contributed by atoms with E-state index in [4.69, 9.17) is 0 Å². The average Bonchev–Trinajstić information content (AvgIpc) is 2.86. The van der Waals surface area contributed by atoms with Gasteiger partial charge in [0.1, 0.15) is 5.69 Å². The summed E-state index contributed by atoms with van der Waals surface area (Å²) in [6, 6.07) is 1.72. The molecule has 0 aromatic carbocycles. The highest BCUT2D eigenvalue weighted by Gasteiger charge is 2.13. The Morgan fingerprint density at radius 3 is 2.60 bits per heavy atom. The molecule has 0 bridgehead atoms. The number of amides is 1. The van der Waals surface area contributed by atoms with Crippen LogP contribution in [-0.2, 0) is 11.3 Å². The normalized spacial score (nSPS) is 10.3. The minimum absolute atomic E-state index is 0.195. The predicted octanol–water partition coefficient (Wildman–Crippen LogP) is 2.13. The number of rotatable bonds is 4. The lowest BCUT2D eigenvalue weighted by molar-refractivity contribution is -0.114. The van der Waals surface area contributed by atoms with Crippen LogP contribution >= 0.6 is 0 Å². The van der Waals surface area contributed by atoms with E-state index in [1.807, 2.05) is 17.7 Å². The lowest BCUT2D eigenvalue weighted by atomic mass is 10.1. The van der Waals surface area contributed by atoms with Crippen molar-refractivity contribution >= 4 is 17.4 Å². The van der Waals surface area contributed by atoms with Crippen LogP contribution in [0.1, 0.15) is 31.3 Å². The summed E-state index contributed by atoms with van der Waals surface area (Å²) in [4.78, 5) is 31.1. The molecule has 1 amide bonds. The molecule has 1 N–H and O–H groups in total. The molecular formula is C14H16N4O2. The molecule has 0 atom stereocenters. The molecule has 20 heavy (non-hydrogen) atoms. The topological polar surface area (TPSA) is 76.9 Å². The van der Waals surface area contributed by atoms with Gasteiger partial charge in [-0.15, -0.1) is 0 Å². The van der Waals surface area contributed by atoms with Crippen molar-refractivity contribution in [2.45, 2.75) is 27.3 Å². The fourth-order valence-corrected chi connectivity index (χ4v) is 1.85. The van der Waals surface area contributed by atoms with Crippen molar-refractivity contribution in [3.63, 3.8) is 0 Å². The number of ketones is 1. The Bertz CT molecular complexity index is 661. The van der Waals surface area contributed by atoms with Gasteiger partial charge in [-0.2, -0.15) is 0 Å². The second kappa shape index (κ2) is 5.64. The van der Waals surface area contributed by atoms with Crippen LogP contribution in [0.5, 0.6) is 0 Å². The third kappa shape index (κ3) is 2.90. The lowest BCUT2D eigenvalue weighted by Gasteiger charge is -2.08. The number of carbonyl (C=O) groups is 2. The number of hydrogen-bond donors (Lipinski definition) is 1. The molecule has 0 unspecified atom stereocenters. The summed E-state index contributed by atoms with van der Waals surface area (Å²) in [5, 5.41) is 2.63. The summed E-state index contributed by atoms with van der Waals surface area (Å²) < 4.78 is 1.94. The molecule has 6 nitrogen and oxygen atoms in total. The zero-order valence-electron chi connectivity index (χ0n) is 11.7. The van der Waals surface area contributed by atoms with Crippen LogP contribution in [-0.4, -0.2) is 26.2 Å². The maximum absolute atomic E-state index is 11.5. The number of pyridine rings is 1. The molecule has 0 saturated carbocycles. The molecule has 0 aliphatic rings. The minimum atomic E-state index is -0.245. The van der Waals surface area contributed by atoms with Gasteiger partial charge >= 0.3 is 0 Å². The molecule has 2 aromatic rings. The van der Waals surface area contributed by atoms with Gasteiger partial charge in [-0.05, 0) is 13.0 Å². The van der Waals surface area contributed by atoms with Crippen LogP contribution in [0, 0.1) is 0 Å². The standard InChI is InChI=1S/C14H16N4O2/c1-4-18-7-13(16-8-18)11-5-12(17-10(3)20)14(9(2)19)15-6-11/h5-8H,4H2,1-3H3,(H,17,20). The van der Waals surface area contributed by atoms with E-state index < -0.39 is 0 Å². The van der Waals surface area contributed by atoms with Gasteiger partial charge in [0.05, 0.1) is 17.7 Å². The summed E-state index contributed by atoms with van der Waals surface area (Å²) >= 11 is 0. The molecule has 0 spiro atoms. The quantitative estimate of drug-likeness (QED) is 0.865. The Kier molecular flexibility index (Phi) is 3.93. The van der Waals surface area contributed by atoms with Crippen LogP contribution < -0.4 is 5.32 Å². The number of aromatic nitrogens is 3. The third-order valence-corrected chi connectivity index (χ3v) is 2.83. The van der Waals surface area contributed by atoms with Crippen molar-refractivity contribution in [3.8, 4) is 11.3 Å². The van der Waals surface area contributed by atoms with Crippen molar-refractivity contribution in [3.05, 3.63) is 30.5 Å². The number of aryl methyl sites for hydroxylation is 1.